The standard InChI is InChI=1S/C22H22ClNO2S2/c1-17-7-13-21(14-8-17)28(25,26)24-16-15-22(18-5-3-2-4-6-18)27-20-11-9-19(23)10-12-20/h2-14,22,24H,15-16H2,1H3. The summed E-state index contributed by atoms with van der Waals surface area (Å²) in [7, 11) is -3.51. The van der Waals surface area contributed by atoms with Crippen molar-refractivity contribution in [1.29, 1.82) is 0 Å². The van der Waals surface area contributed by atoms with Gasteiger partial charge in [-0.3, -0.25) is 0 Å². The van der Waals surface area contributed by atoms with Crippen molar-refractivity contribution in [1.82, 2.24) is 4.72 Å². The number of rotatable bonds is 8. The fraction of sp³-hybridized carbons (Fsp3) is 0.182. The van der Waals surface area contributed by atoms with E-state index in [0.717, 1.165) is 16.0 Å². The molecule has 3 aromatic rings. The number of thioether (sulfide) groups is 1. The lowest BCUT2D eigenvalue weighted by molar-refractivity contribution is 0.578. The first kappa shape index (κ1) is 20.9. The topological polar surface area (TPSA) is 46.2 Å². The van der Waals surface area contributed by atoms with Crippen molar-refractivity contribution in [2.45, 2.75) is 28.4 Å². The average molecular weight is 432 g/mol. The van der Waals surface area contributed by atoms with Crippen LogP contribution in [0.1, 0.15) is 22.8 Å². The van der Waals surface area contributed by atoms with Gasteiger partial charge in [-0.25, -0.2) is 13.1 Å². The van der Waals surface area contributed by atoms with Crippen LogP contribution >= 0.6 is 23.4 Å². The van der Waals surface area contributed by atoms with Crippen LogP contribution in [0.4, 0.5) is 0 Å². The summed E-state index contributed by atoms with van der Waals surface area (Å²) in [4.78, 5) is 1.39. The molecule has 0 saturated heterocycles. The SMILES string of the molecule is Cc1ccc(S(=O)(=O)NCCC(Sc2ccc(Cl)cc2)c2ccccc2)cc1. The Morgan fingerprint density at radius 2 is 1.57 bits per heavy atom. The van der Waals surface area contributed by atoms with Gasteiger partial charge in [-0.15, -0.1) is 11.8 Å². The molecule has 0 radical (unpaired) electrons. The van der Waals surface area contributed by atoms with E-state index in [1.165, 1.54) is 0 Å². The van der Waals surface area contributed by atoms with Gasteiger partial charge in [0.1, 0.15) is 0 Å². The predicted octanol–water partition coefficient (Wildman–Crippen LogP) is 5.85. The Balaban J connectivity index is 1.69. The van der Waals surface area contributed by atoms with Crippen LogP contribution in [0, 0.1) is 6.92 Å². The summed E-state index contributed by atoms with van der Waals surface area (Å²) in [5, 5.41) is 0.828. The molecule has 0 aliphatic carbocycles. The van der Waals surface area contributed by atoms with E-state index >= 15 is 0 Å². The fourth-order valence-corrected chi connectivity index (χ4v) is 5.09. The molecule has 1 atom stereocenters. The third-order valence-electron chi connectivity index (χ3n) is 4.29. The molecular formula is C22H22ClNO2S2. The van der Waals surface area contributed by atoms with Crippen molar-refractivity contribution in [2.75, 3.05) is 6.54 Å². The van der Waals surface area contributed by atoms with Gasteiger partial charge in [0.05, 0.1) is 4.90 Å². The number of aryl methyl sites for hydroxylation is 1. The zero-order valence-corrected chi connectivity index (χ0v) is 17.9. The van der Waals surface area contributed by atoms with Crippen molar-refractivity contribution in [3.05, 3.63) is 95.0 Å². The summed E-state index contributed by atoms with van der Waals surface area (Å²) in [5.41, 5.74) is 2.19. The minimum atomic E-state index is -3.51. The molecule has 3 aromatic carbocycles. The van der Waals surface area contributed by atoms with Gasteiger partial charge in [0, 0.05) is 21.7 Å². The highest BCUT2D eigenvalue weighted by molar-refractivity contribution is 7.99. The Labute approximate surface area is 176 Å². The monoisotopic (exact) mass is 431 g/mol. The predicted molar refractivity (Wildman–Crippen MR) is 117 cm³/mol. The quantitative estimate of drug-likeness (QED) is 0.455. The Morgan fingerprint density at radius 1 is 0.929 bits per heavy atom. The number of nitrogens with one attached hydrogen (secondary N) is 1. The van der Waals surface area contributed by atoms with E-state index in [1.54, 1.807) is 36.0 Å². The van der Waals surface area contributed by atoms with Gasteiger partial charge >= 0.3 is 0 Å². The molecule has 3 nitrogen and oxygen atoms in total. The maximum Gasteiger partial charge on any atom is 0.240 e. The second-order valence-electron chi connectivity index (χ2n) is 6.47. The molecule has 146 valence electrons. The Kier molecular flexibility index (Phi) is 7.18. The lowest BCUT2D eigenvalue weighted by atomic mass is 10.1. The summed E-state index contributed by atoms with van der Waals surface area (Å²) in [6.07, 6.45) is 0.669. The molecule has 1 unspecified atom stereocenters. The van der Waals surface area contributed by atoms with Crippen molar-refractivity contribution in [3.63, 3.8) is 0 Å². The van der Waals surface area contributed by atoms with Crippen LogP contribution in [0.5, 0.6) is 0 Å². The molecule has 0 saturated carbocycles. The van der Waals surface area contributed by atoms with Gasteiger partial charge in [-0.2, -0.15) is 0 Å². The summed E-state index contributed by atoms with van der Waals surface area (Å²) < 4.78 is 27.8. The van der Waals surface area contributed by atoms with Crippen LogP contribution < -0.4 is 4.72 Å². The minimum Gasteiger partial charge on any atom is -0.211 e. The van der Waals surface area contributed by atoms with Crippen molar-refractivity contribution in [2.24, 2.45) is 0 Å². The highest BCUT2D eigenvalue weighted by Gasteiger charge is 2.17. The molecule has 0 aliphatic rings. The normalized spacial score (nSPS) is 12.6. The maximum absolute atomic E-state index is 12.5. The lowest BCUT2D eigenvalue weighted by Crippen LogP contribution is -2.25. The van der Waals surface area contributed by atoms with Gasteiger partial charge in [-0.05, 0) is 55.3 Å². The first-order valence-corrected chi connectivity index (χ1v) is 11.7. The number of halogens is 1. The van der Waals surface area contributed by atoms with Crippen molar-refractivity contribution < 1.29 is 8.42 Å². The number of benzene rings is 3. The Hall–Kier alpha value is -1.79. The highest BCUT2D eigenvalue weighted by Crippen LogP contribution is 2.37. The van der Waals surface area contributed by atoms with Crippen LogP contribution in [-0.2, 0) is 10.0 Å². The number of sulfonamides is 1. The van der Waals surface area contributed by atoms with Crippen molar-refractivity contribution >= 4 is 33.4 Å². The van der Waals surface area contributed by atoms with Crippen LogP contribution in [0.3, 0.4) is 0 Å². The van der Waals surface area contributed by atoms with Gasteiger partial charge in [0.2, 0.25) is 10.0 Å². The summed E-state index contributed by atoms with van der Waals surface area (Å²) >= 11 is 7.69. The Bertz CT molecular complexity index is 989. The van der Waals surface area contributed by atoms with Crippen LogP contribution in [0.2, 0.25) is 5.02 Å². The fourth-order valence-electron chi connectivity index (χ4n) is 2.76. The highest BCUT2D eigenvalue weighted by atomic mass is 35.5. The van der Waals surface area contributed by atoms with Crippen LogP contribution in [0.15, 0.2) is 88.7 Å². The molecular weight excluding hydrogens is 410 g/mol. The molecule has 1 N–H and O–H groups in total. The van der Waals surface area contributed by atoms with E-state index in [4.69, 9.17) is 11.6 Å². The van der Waals surface area contributed by atoms with Gasteiger partial charge < -0.3 is 0 Å². The number of hydrogen-bond acceptors (Lipinski definition) is 3. The zero-order valence-electron chi connectivity index (χ0n) is 15.5. The average Bonchev–Trinajstić information content (AvgIpc) is 2.70. The van der Waals surface area contributed by atoms with E-state index < -0.39 is 10.0 Å². The van der Waals surface area contributed by atoms with E-state index in [-0.39, 0.29) is 5.25 Å². The summed E-state index contributed by atoms with van der Waals surface area (Å²) in [6.45, 7) is 2.29. The Morgan fingerprint density at radius 3 is 2.21 bits per heavy atom. The third kappa shape index (κ3) is 5.85. The minimum absolute atomic E-state index is 0.128. The second kappa shape index (κ2) is 9.61. The maximum atomic E-state index is 12.5. The molecule has 3 rings (SSSR count). The molecule has 28 heavy (non-hydrogen) atoms. The molecule has 0 fully saturated rings. The van der Waals surface area contributed by atoms with Crippen LogP contribution in [0.25, 0.3) is 0 Å². The van der Waals surface area contributed by atoms with Gasteiger partial charge in [0.25, 0.3) is 0 Å². The molecule has 0 amide bonds. The smallest absolute Gasteiger partial charge is 0.211 e. The molecule has 0 aliphatic heterocycles. The van der Waals surface area contributed by atoms with Crippen LogP contribution in [-0.4, -0.2) is 15.0 Å². The summed E-state index contributed by atoms with van der Waals surface area (Å²) in [6, 6.07) is 24.7. The molecule has 0 aromatic heterocycles. The van der Waals surface area contributed by atoms with Crippen molar-refractivity contribution in [3.8, 4) is 0 Å². The van der Waals surface area contributed by atoms with E-state index in [0.29, 0.717) is 22.9 Å². The lowest BCUT2D eigenvalue weighted by Gasteiger charge is -2.18. The summed E-state index contributed by atoms with van der Waals surface area (Å²) in [5.74, 6) is 0. The molecule has 0 bridgehead atoms. The molecule has 6 heteroatoms. The zero-order chi connectivity index (χ0) is 20.0. The third-order valence-corrected chi connectivity index (χ3v) is 7.36. The largest absolute Gasteiger partial charge is 0.240 e. The van der Waals surface area contributed by atoms with E-state index in [1.807, 2.05) is 49.4 Å². The molecule has 0 heterocycles. The van der Waals surface area contributed by atoms with Gasteiger partial charge in [-0.1, -0.05) is 59.6 Å². The van der Waals surface area contributed by atoms with Gasteiger partial charge in [0.15, 0.2) is 0 Å². The first-order chi connectivity index (χ1) is 13.4. The molecule has 0 spiro atoms. The second-order valence-corrected chi connectivity index (χ2v) is 9.95. The van der Waals surface area contributed by atoms with E-state index in [2.05, 4.69) is 16.9 Å². The first-order valence-electron chi connectivity index (χ1n) is 8.97. The van der Waals surface area contributed by atoms with E-state index in [9.17, 15) is 8.42 Å². The number of hydrogen-bond donors (Lipinski definition) is 1.